The maximum atomic E-state index is 11.6. The van der Waals surface area contributed by atoms with Crippen LogP contribution in [0, 0.1) is 5.92 Å². The molecule has 1 fully saturated rings. The van der Waals surface area contributed by atoms with Crippen LogP contribution < -0.4 is 0 Å². The Labute approximate surface area is 94.7 Å². The molecule has 1 amide bonds. The third-order valence-corrected chi connectivity index (χ3v) is 2.86. The van der Waals surface area contributed by atoms with Crippen molar-refractivity contribution in [2.75, 3.05) is 13.2 Å². The van der Waals surface area contributed by atoms with Crippen LogP contribution in [-0.4, -0.2) is 41.3 Å². The topological polar surface area (TPSA) is 66.8 Å². The summed E-state index contributed by atoms with van der Waals surface area (Å²) in [5.41, 5.74) is 0. The average molecular weight is 227 g/mol. The van der Waals surface area contributed by atoms with Gasteiger partial charge in [0.2, 0.25) is 0 Å². The lowest BCUT2D eigenvalue weighted by molar-refractivity contribution is -0.143. The molecule has 0 aromatic carbocycles. The molecule has 1 rings (SSSR count). The Morgan fingerprint density at radius 3 is 2.81 bits per heavy atom. The van der Waals surface area contributed by atoms with Crippen LogP contribution in [0.25, 0.3) is 0 Å². The quantitative estimate of drug-likeness (QED) is 0.739. The minimum Gasteiger partial charge on any atom is -0.480 e. The lowest BCUT2D eigenvalue weighted by Crippen LogP contribution is -2.43. The molecule has 0 radical (unpaired) electrons. The van der Waals surface area contributed by atoms with Crippen molar-refractivity contribution in [1.82, 2.24) is 4.90 Å². The van der Waals surface area contributed by atoms with E-state index in [1.807, 2.05) is 6.92 Å². The zero-order valence-corrected chi connectivity index (χ0v) is 9.39. The second-order valence-electron chi connectivity index (χ2n) is 3.80. The van der Waals surface area contributed by atoms with E-state index in [1.54, 1.807) is 0 Å². The molecule has 1 N–H and O–H groups in total. The third-order valence-electron chi connectivity index (χ3n) is 2.86. The van der Waals surface area contributed by atoms with Gasteiger partial charge in [0, 0.05) is 6.54 Å². The number of ether oxygens (including phenoxy) is 1. The third kappa shape index (κ3) is 2.53. The van der Waals surface area contributed by atoms with Crippen LogP contribution in [0.15, 0.2) is 12.7 Å². The Morgan fingerprint density at radius 2 is 2.31 bits per heavy atom. The number of likely N-dealkylation sites (tertiary alicyclic amines) is 1. The summed E-state index contributed by atoms with van der Waals surface area (Å²) in [6.07, 6.45) is 2.36. The molecule has 5 nitrogen and oxygen atoms in total. The van der Waals surface area contributed by atoms with Gasteiger partial charge in [0.15, 0.2) is 0 Å². The molecule has 16 heavy (non-hydrogen) atoms. The van der Waals surface area contributed by atoms with E-state index in [-0.39, 0.29) is 12.5 Å². The monoisotopic (exact) mass is 227 g/mol. The molecule has 1 aliphatic heterocycles. The summed E-state index contributed by atoms with van der Waals surface area (Å²) < 4.78 is 4.85. The Morgan fingerprint density at radius 1 is 1.62 bits per heavy atom. The molecule has 0 aliphatic carbocycles. The number of carboxylic acids is 1. The van der Waals surface area contributed by atoms with Gasteiger partial charge in [-0.25, -0.2) is 9.59 Å². The van der Waals surface area contributed by atoms with E-state index >= 15 is 0 Å². The first-order valence-corrected chi connectivity index (χ1v) is 5.38. The summed E-state index contributed by atoms with van der Waals surface area (Å²) >= 11 is 0. The van der Waals surface area contributed by atoms with Crippen LogP contribution in [0.1, 0.15) is 19.8 Å². The van der Waals surface area contributed by atoms with E-state index in [0.29, 0.717) is 6.54 Å². The van der Waals surface area contributed by atoms with Gasteiger partial charge >= 0.3 is 12.1 Å². The van der Waals surface area contributed by atoms with Crippen molar-refractivity contribution in [3.05, 3.63) is 12.7 Å². The van der Waals surface area contributed by atoms with Crippen molar-refractivity contribution in [3.63, 3.8) is 0 Å². The summed E-state index contributed by atoms with van der Waals surface area (Å²) in [6, 6.07) is -0.748. The molecule has 1 saturated heterocycles. The van der Waals surface area contributed by atoms with Crippen molar-refractivity contribution >= 4 is 12.1 Å². The van der Waals surface area contributed by atoms with Gasteiger partial charge in [-0.3, -0.25) is 4.90 Å². The highest BCUT2D eigenvalue weighted by molar-refractivity contribution is 5.81. The molecule has 0 spiro atoms. The predicted octanol–water partition coefficient (Wildman–Crippen LogP) is 1.49. The van der Waals surface area contributed by atoms with E-state index in [0.717, 1.165) is 12.8 Å². The SMILES string of the molecule is C=CCOC(=O)N1CCC(CC)C1C(=O)O. The van der Waals surface area contributed by atoms with Gasteiger partial charge in [0.1, 0.15) is 12.6 Å². The first-order chi connectivity index (χ1) is 7.61. The van der Waals surface area contributed by atoms with E-state index in [4.69, 9.17) is 9.84 Å². The van der Waals surface area contributed by atoms with Gasteiger partial charge in [-0.1, -0.05) is 26.0 Å². The second kappa shape index (κ2) is 5.53. The molecule has 5 heteroatoms. The fourth-order valence-corrected chi connectivity index (χ4v) is 2.04. The number of amides is 1. The number of aliphatic carboxylic acids is 1. The maximum absolute atomic E-state index is 11.6. The summed E-state index contributed by atoms with van der Waals surface area (Å²) in [4.78, 5) is 24.0. The Kier molecular flexibility index (Phi) is 4.34. The molecule has 2 atom stereocenters. The number of carbonyl (C=O) groups excluding carboxylic acids is 1. The molecule has 0 aromatic heterocycles. The Hall–Kier alpha value is -1.52. The Bertz CT molecular complexity index is 290. The summed E-state index contributed by atoms with van der Waals surface area (Å²) in [7, 11) is 0. The van der Waals surface area contributed by atoms with Crippen molar-refractivity contribution in [2.24, 2.45) is 5.92 Å². The lowest BCUT2D eigenvalue weighted by Gasteiger charge is -2.23. The summed E-state index contributed by atoms with van der Waals surface area (Å²) in [6.45, 7) is 5.92. The maximum Gasteiger partial charge on any atom is 0.410 e. The van der Waals surface area contributed by atoms with Gasteiger partial charge < -0.3 is 9.84 Å². The number of rotatable bonds is 4. The van der Waals surface area contributed by atoms with E-state index in [1.165, 1.54) is 11.0 Å². The van der Waals surface area contributed by atoms with Gasteiger partial charge in [-0.15, -0.1) is 0 Å². The number of carboxylic acid groups (broad SMARTS) is 1. The van der Waals surface area contributed by atoms with E-state index in [2.05, 4.69) is 6.58 Å². The van der Waals surface area contributed by atoms with Crippen molar-refractivity contribution < 1.29 is 19.4 Å². The fraction of sp³-hybridized carbons (Fsp3) is 0.636. The molecule has 2 unspecified atom stereocenters. The normalized spacial score (nSPS) is 24.2. The highest BCUT2D eigenvalue weighted by atomic mass is 16.6. The van der Waals surface area contributed by atoms with Crippen LogP contribution in [0.5, 0.6) is 0 Å². The zero-order chi connectivity index (χ0) is 12.1. The van der Waals surface area contributed by atoms with Gasteiger partial charge in [0.05, 0.1) is 0 Å². The van der Waals surface area contributed by atoms with Crippen molar-refractivity contribution in [1.29, 1.82) is 0 Å². The minimum atomic E-state index is -0.958. The van der Waals surface area contributed by atoms with Crippen LogP contribution in [0.4, 0.5) is 4.79 Å². The van der Waals surface area contributed by atoms with Crippen LogP contribution in [0.2, 0.25) is 0 Å². The molecule has 0 bridgehead atoms. The Balaban J connectivity index is 2.68. The summed E-state index contributed by atoms with van der Waals surface area (Å²) in [5, 5.41) is 9.09. The number of carbonyl (C=O) groups is 2. The van der Waals surface area contributed by atoms with Crippen LogP contribution in [-0.2, 0) is 9.53 Å². The van der Waals surface area contributed by atoms with Gasteiger partial charge in [0.25, 0.3) is 0 Å². The average Bonchev–Trinajstić information content (AvgIpc) is 2.69. The highest BCUT2D eigenvalue weighted by Crippen LogP contribution is 2.27. The molecule has 0 saturated carbocycles. The lowest BCUT2D eigenvalue weighted by atomic mass is 9.98. The molecular formula is C11H17NO4. The second-order valence-corrected chi connectivity index (χ2v) is 3.80. The minimum absolute atomic E-state index is 0.0220. The molecular weight excluding hydrogens is 210 g/mol. The van der Waals surface area contributed by atoms with E-state index in [9.17, 15) is 9.59 Å². The number of nitrogens with zero attached hydrogens (tertiary/aromatic N) is 1. The smallest absolute Gasteiger partial charge is 0.410 e. The van der Waals surface area contributed by atoms with E-state index < -0.39 is 18.1 Å². The van der Waals surface area contributed by atoms with Gasteiger partial charge in [-0.05, 0) is 12.3 Å². The summed E-state index contributed by atoms with van der Waals surface area (Å²) in [5.74, 6) is -0.936. The largest absolute Gasteiger partial charge is 0.480 e. The first-order valence-electron chi connectivity index (χ1n) is 5.38. The predicted molar refractivity (Wildman–Crippen MR) is 58.1 cm³/mol. The molecule has 1 aliphatic rings. The van der Waals surface area contributed by atoms with Crippen LogP contribution >= 0.6 is 0 Å². The standard InChI is InChI=1S/C11H17NO4/c1-3-7-16-11(15)12-6-5-8(4-2)9(12)10(13)14/h3,8-9H,1,4-7H2,2H3,(H,13,14). The fourth-order valence-electron chi connectivity index (χ4n) is 2.04. The number of hydrogen-bond donors (Lipinski definition) is 1. The van der Waals surface area contributed by atoms with Crippen molar-refractivity contribution in [3.8, 4) is 0 Å². The number of hydrogen-bond acceptors (Lipinski definition) is 3. The zero-order valence-electron chi connectivity index (χ0n) is 9.39. The molecule has 1 heterocycles. The first kappa shape index (κ1) is 12.5. The molecule has 0 aromatic rings. The molecule has 90 valence electrons. The van der Waals surface area contributed by atoms with Crippen molar-refractivity contribution in [2.45, 2.75) is 25.8 Å². The highest BCUT2D eigenvalue weighted by Gasteiger charge is 2.41. The van der Waals surface area contributed by atoms with Gasteiger partial charge in [-0.2, -0.15) is 0 Å². The van der Waals surface area contributed by atoms with Crippen LogP contribution in [0.3, 0.4) is 0 Å².